The summed E-state index contributed by atoms with van der Waals surface area (Å²) in [5.74, 6) is 0. The van der Waals surface area contributed by atoms with Gasteiger partial charge in [0.15, 0.2) is 0 Å². The molecule has 0 aliphatic heterocycles. The number of rotatable bonds is 13. The molecule has 0 bridgehead atoms. The third kappa shape index (κ3) is 13.2. The van der Waals surface area contributed by atoms with Crippen molar-refractivity contribution in [2.45, 2.75) is 72.1 Å². The van der Waals surface area contributed by atoms with Crippen LogP contribution in [-0.2, 0) is 23.7 Å². The van der Waals surface area contributed by atoms with Gasteiger partial charge in [-0.25, -0.2) is 0 Å². The van der Waals surface area contributed by atoms with Crippen molar-refractivity contribution in [3.8, 4) is 0 Å². The Morgan fingerprint density at radius 1 is 0.571 bits per heavy atom. The van der Waals surface area contributed by atoms with Gasteiger partial charge in [0.1, 0.15) is 12.2 Å². The van der Waals surface area contributed by atoms with Gasteiger partial charge in [-0.2, -0.15) is 0 Å². The molecule has 0 saturated heterocycles. The number of methoxy groups -OCH3 is 1. The Kier molecular flexibility index (Phi) is 12.2. The van der Waals surface area contributed by atoms with E-state index in [1.54, 1.807) is 7.11 Å². The van der Waals surface area contributed by atoms with E-state index in [2.05, 4.69) is 0 Å². The van der Waals surface area contributed by atoms with Crippen LogP contribution >= 0.6 is 0 Å². The van der Waals surface area contributed by atoms with Gasteiger partial charge in [0, 0.05) is 7.11 Å². The van der Waals surface area contributed by atoms with Crippen molar-refractivity contribution in [3.63, 3.8) is 0 Å². The molecule has 1 unspecified atom stereocenters. The number of hydrogen-bond donors (Lipinski definition) is 0. The second-order valence-electron chi connectivity index (χ2n) is 5.98. The molecule has 0 aliphatic rings. The molecule has 0 rings (SSSR count). The third-order valence-electron chi connectivity index (χ3n) is 2.58. The predicted molar refractivity (Wildman–Crippen MR) is 83.8 cm³/mol. The molecule has 0 radical (unpaired) electrons. The van der Waals surface area contributed by atoms with Crippen molar-refractivity contribution in [1.29, 1.82) is 0 Å². The largest absolute Gasteiger partial charge is 0.382 e. The lowest BCUT2D eigenvalue weighted by molar-refractivity contribution is -0.140. The molecule has 0 heterocycles. The van der Waals surface area contributed by atoms with Gasteiger partial charge in [-0.1, -0.05) is 0 Å². The normalized spacial score (nSPS) is 13.9. The van der Waals surface area contributed by atoms with Crippen molar-refractivity contribution in [2.75, 3.05) is 33.5 Å². The van der Waals surface area contributed by atoms with Crippen LogP contribution < -0.4 is 0 Å². The summed E-state index contributed by atoms with van der Waals surface area (Å²) in [5, 5.41) is 0. The Hall–Kier alpha value is -0.200. The third-order valence-corrected chi connectivity index (χ3v) is 2.58. The molecule has 21 heavy (non-hydrogen) atoms. The Balaban J connectivity index is 4.38. The second kappa shape index (κ2) is 12.4. The van der Waals surface area contributed by atoms with E-state index in [0.29, 0.717) is 26.4 Å². The van der Waals surface area contributed by atoms with E-state index in [1.807, 2.05) is 41.5 Å². The van der Waals surface area contributed by atoms with Crippen LogP contribution in [0.15, 0.2) is 0 Å². The summed E-state index contributed by atoms with van der Waals surface area (Å²) in [6, 6.07) is 0. The molecule has 0 aliphatic carbocycles. The summed E-state index contributed by atoms with van der Waals surface area (Å²) < 4.78 is 28.2. The molecule has 0 spiro atoms. The van der Waals surface area contributed by atoms with Crippen molar-refractivity contribution in [3.05, 3.63) is 0 Å². The van der Waals surface area contributed by atoms with Crippen LogP contribution in [-0.4, -0.2) is 64.1 Å². The maximum Gasteiger partial charge on any atom is 0.105 e. The van der Waals surface area contributed by atoms with Gasteiger partial charge in [-0.15, -0.1) is 0 Å². The average molecular weight is 306 g/mol. The first kappa shape index (κ1) is 20.8. The molecule has 5 heteroatoms. The Morgan fingerprint density at radius 2 is 0.905 bits per heavy atom. The van der Waals surface area contributed by atoms with Crippen LogP contribution in [0.2, 0.25) is 0 Å². The lowest BCUT2D eigenvalue weighted by Gasteiger charge is -2.26. The maximum absolute atomic E-state index is 6.04. The number of hydrogen-bond acceptors (Lipinski definition) is 5. The van der Waals surface area contributed by atoms with Crippen molar-refractivity contribution < 1.29 is 23.7 Å². The quantitative estimate of drug-likeness (QED) is 0.523. The first-order valence-corrected chi connectivity index (χ1v) is 7.84. The van der Waals surface area contributed by atoms with Gasteiger partial charge in [-0.05, 0) is 41.5 Å². The zero-order valence-corrected chi connectivity index (χ0v) is 14.8. The second-order valence-corrected chi connectivity index (χ2v) is 5.98. The zero-order valence-electron chi connectivity index (χ0n) is 14.8. The fraction of sp³-hybridized carbons (Fsp3) is 1.00. The molecule has 5 nitrogen and oxygen atoms in total. The van der Waals surface area contributed by atoms with Gasteiger partial charge in [0.05, 0.1) is 44.7 Å². The standard InChI is InChI=1S/C16H34O5/c1-12(2)18-9-15(8-17-7)21-16(10-19-13(3)4)11-20-14(5)6/h12-16H,8-11H2,1-7H3. The number of ether oxygens (including phenoxy) is 5. The minimum atomic E-state index is -0.120. The van der Waals surface area contributed by atoms with Gasteiger partial charge in [0.25, 0.3) is 0 Å². The van der Waals surface area contributed by atoms with Crippen LogP contribution in [0.25, 0.3) is 0 Å². The fourth-order valence-corrected chi connectivity index (χ4v) is 1.61. The first-order chi connectivity index (χ1) is 9.85. The highest BCUT2D eigenvalue weighted by atomic mass is 16.6. The summed E-state index contributed by atoms with van der Waals surface area (Å²) in [6.45, 7) is 14.1. The summed E-state index contributed by atoms with van der Waals surface area (Å²) >= 11 is 0. The van der Waals surface area contributed by atoms with E-state index in [4.69, 9.17) is 23.7 Å². The van der Waals surface area contributed by atoms with E-state index >= 15 is 0 Å². The molecule has 1 atom stereocenters. The zero-order chi connectivity index (χ0) is 16.3. The van der Waals surface area contributed by atoms with Crippen molar-refractivity contribution in [2.24, 2.45) is 0 Å². The van der Waals surface area contributed by atoms with Crippen LogP contribution in [0, 0.1) is 0 Å². The Morgan fingerprint density at radius 3 is 1.19 bits per heavy atom. The monoisotopic (exact) mass is 306 g/mol. The van der Waals surface area contributed by atoms with E-state index in [-0.39, 0.29) is 30.5 Å². The molecule has 128 valence electrons. The van der Waals surface area contributed by atoms with Gasteiger partial charge < -0.3 is 23.7 Å². The smallest absolute Gasteiger partial charge is 0.105 e. The van der Waals surface area contributed by atoms with E-state index in [0.717, 1.165) is 0 Å². The fourth-order valence-electron chi connectivity index (χ4n) is 1.61. The summed E-state index contributed by atoms with van der Waals surface area (Å²) in [4.78, 5) is 0. The highest BCUT2D eigenvalue weighted by molar-refractivity contribution is 4.64. The van der Waals surface area contributed by atoms with E-state index in [1.165, 1.54) is 0 Å². The molecular weight excluding hydrogens is 272 g/mol. The molecule has 0 aromatic rings. The SMILES string of the molecule is COCC(COC(C)C)OC(COC(C)C)COC(C)C. The lowest BCUT2D eigenvalue weighted by Crippen LogP contribution is -2.37. The summed E-state index contributed by atoms with van der Waals surface area (Å²) in [7, 11) is 1.66. The van der Waals surface area contributed by atoms with Gasteiger partial charge in [0.2, 0.25) is 0 Å². The van der Waals surface area contributed by atoms with Crippen molar-refractivity contribution in [1.82, 2.24) is 0 Å². The highest BCUT2D eigenvalue weighted by Gasteiger charge is 2.19. The summed E-state index contributed by atoms with van der Waals surface area (Å²) in [5.41, 5.74) is 0. The molecule has 0 aromatic heterocycles. The van der Waals surface area contributed by atoms with Gasteiger partial charge in [-0.3, -0.25) is 0 Å². The topological polar surface area (TPSA) is 46.2 Å². The Labute approximate surface area is 130 Å². The average Bonchev–Trinajstić information content (AvgIpc) is 2.38. The van der Waals surface area contributed by atoms with Crippen LogP contribution in [0.3, 0.4) is 0 Å². The predicted octanol–water partition coefficient (Wildman–Crippen LogP) is 2.66. The minimum Gasteiger partial charge on any atom is -0.382 e. The van der Waals surface area contributed by atoms with Crippen LogP contribution in [0.5, 0.6) is 0 Å². The van der Waals surface area contributed by atoms with E-state index in [9.17, 15) is 0 Å². The van der Waals surface area contributed by atoms with Gasteiger partial charge >= 0.3 is 0 Å². The molecule has 0 aromatic carbocycles. The van der Waals surface area contributed by atoms with Crippen LogP contribution in [0.1, 0.15) is 41.5 Å². The molecular formula is C16H34O5. The van der Waals surface area contributed by atoms with E-state index < -0.39 is 0 Å². The molecule has 0 amide bonds. The lowest BCUT2D eigenvalue weighted by atomic mass is 10.3. The summed E-state index contributed by atoms with van der Waals surface area (Å²) in [6.07, 6.45) is 0.274. The Bertz CT molecular complexity index is 219. The van der Waals surface area contributed by atoms with Crippen molar-refractivity contribution >= 4 is 0 Å². The molecule has 0 fully saturated rings. The molecule has 0 N–H and O–H groups in total. The maximum atomic E-state index is 6.04. The minimum absolute atomic E-state index is 0.117. The highest BCUT2D eigenvalue weighted by Crippen LogP contribution is 2.07. The first-order valence-electron chi connectivity index (χ1n) is 7.84. The molecule has 0 saturated carbocycles. The van der Waals surface area contributed by atoms with Crippen LogP contribution in [0.4, 0.5) is 0 Å².